The van der Waals surface area contributed by atoms with Gasteiger partial charge in [0.05, 0.1) is 36.8 Å². The number of morpholine rings is 1. The Balaban J connectivity index is 1.52. The van der Waals surface area contributed by atoms with Crippen LogP contribution in [0, 0.1) is 18.6 Å². The first-order chi connectivity index (χ1) is 17.4. The number of nitrogens with zero attached hydrogens (tertiary/aromatic N) is 5. The Labute approximate surface area is 205 Å². The summed E-state index contributed by atoms with van der Waals surface area (Å²) in [4.78, 5) is 29.0. The first-order valence-electron chi connectivity index (χ1n) is 11.7. The molecule has 4 aromatic rings. The molecule has 8 nitrogen and oxygen atoms in total. The van der Waals surface area contributed by atoms with E-state index >= 15 is 0 Å². The lowest BCUT2D eigenvalue weighted by Crippen LogP contribution is -2.43. The number of aryl methyl sites for hydroxylation is 1. The van der Waals surface area contributed by atoms with Gasteiger partial charge in [-0.1, -0.05) is 0 Å². The van der Waals surface area contributed by atoms with Gasteiger partial charge < -0.3 is 14.4 Å². The zero-order valence-electron chi connectivity index (χ0n) is 19.7. The summed E-state index contributed by atoms with van der Waals surface area (Å²) in [6, 6.07) is 7.17. The van der Waals surface area contributed by atoms with Crippen LogP contribution in [0.4, 0.5) is 14.6 Å². The molecule has 2 aliphatic rings. The molecule has 5 heterocycles. The molecule has 0 N–H and O–H groups in total. The van der Waals surface area contributed by atoms with E-state index in [1.165, 1.54) is 10.5 Å². The van der Waals surface area contributed by atoms with Crippen LogP contribution in [0.25, 0.3) is 16.9 Å². The Kier molecular flexibility index (Phi) is 5.50. The number of rotatable bonds is 3. The SMILES string of the molecule is Cc1cc([C@@H]2CN(c3cn4c(=O)c5c(nc4c(-c4ccc(F)cc4F)n3)COC5)C[C@H](C)O2)ccn1. The Morgan fingerprint density at radius 2 is 1.94 bits per heavy atom. The number of hydrogen-bond acceptors (Lipinski definition) is 7. The molecule has 1 fully saturated rings. The van der Waals surface area contributed by atoms with E-state index in [2.05, 4.69) is 9.97 Å². The van der Waals surface area contributed by atoms with Crippen LogP contribution in [0.5, 0.6) is 0 Å². The number of benzene rings is 1. The highest BCUT2D eigenvalue weighted by molar-refractivity contribution is 5.76. The molecule has 0 bridgehead atoms. The summed E-state index contributed by atoms with van der Waals surface area (Å²) in [6.07, 6.45) is 2.99. The van der Waals surface area contributed by atoms with Crippen molar-refractivity contribution in [2.75, 3.05) is 18.0 Å². The predicted molar refractivity (Wildman–Crippen MR) is 128 cm³/mol. The lowest BCUT2D eigenvalue weighted by molar-refractivity contribution is -0.0177. The third-order valence-corrected chi connectivity index (χ3v) is 6.53. The highest BCUT2D eigenvalue weighted by atomic mass is 19.1. The Morgan fingerprint density at radius 1 is 1.08 bits per heavy atom. The summed E-state index contributed by atoms with van der Waals surface area (Å²) in [5.41, 5.74) is 2.97. The van der Waals surface area contributed by atoms with Crippen molar-refractivity contribution in [3.63, 3.8) is 0 Å². The van der Waals surface area contributed by atoms with E-state index in [-0.39, 0.29) is 47.9 Å². The highest BCUT2D eigenvalue weighted by Crippen LogP contribution is 2.32. The van der Waals surface area contributed by atoms with Crippen molar-refractivity contribution in [3.8, 4) is 11.3 Å². The number of anilines is 1. The van der Waals surface area contributed by atoms with Crippen molar-refractivity contribution in [2.24, 2.45) is 0 Å². The molecule has 0 aliphatic carbocycles. The number of pyridine rings is 1. The van der Waals surface area contributed by atoms with E-state index in [4.69, 9.17) is 14.5 Å². The number of halogens is 2. The third kappa shape index (κ3) is 3.92. The molecule has 10 heteroatoms. The first kappa shape index (κ1) is 22.7. The zero-order valence-corrected chi connectivity index (χ0v) is 19.7. The van der Waals surface area contributed by atoms with E-state index in [0.717, 1.165) is 23.4 Å². The Bertz CT molecular complexity index is 1560. The van der Waals surface area contributed by atoms with Gasteiger partial charge in [0.25, 0.3) is 5.56 Å². The summed E-state index contributed by atoms with van der Waals surface area (Å²) in [5.74, 6) is -1.02. The van der Waals surface area contributed by atoms with E-state index in [1.807, 2.05) is 30.9 Å². The van der Waals surface area contributed by atoms with E-state index in [1.54, 1.807) is 12.4 Å². The van der Waals surface area contributed by atoms with Gasteiger partial charge in [-0.2, -0.15) is 0 Å². The highest BCUT2D eigenvalue weighted by Gasteiger charge is 2.30. The van der Waals surface area contributed by atoms with Gasteiger partial charge in [-0.25, -0.2) is 18.7 Å². The zero-order chi connectivity index (χ0) is 25.0. The molecule has 2 aliphatic heterocycles. The molecule has 0 saturated carbocycles. The standard InChI is InChI=1S/C26H23F2N5O3/c1-14-7-16(5-6-29-14)22-10-32(9-15(2)36-22)23-11-33-25(30-21-13-35-12-19(21)26(33)34)24(31-23)18-4-3-17(27)8-20(18)28/h3-8,11,15,22H,9-10,12-13H2,1-2H3/t15-,22-/m0/s1. The first-order valence-corrected chi connectivity index (χ1v) is 11.7. The molecule has 36 heavy (non-hydrogen) atoms. The van der Waals surface area contributed by atoms with Gasteiger partial charge >= 0.3 is 0 Å². The van der Waals surface area contributed by atoms with Crippen molar-refractivity contribution >= 4 is 11.5 Å². The molecule has 2 atom stereocenters. The second-order valence-corrected chi connectivity index (χ2v) is 9.17. The van der Waals surface area contributed by atoms with Crippen LogP contribution in [0.1, 0.15) is 35.5 Å². The van der Waals surface area contributed by atoms with Crippen molar-refractivity contribution in [1.82, 2.24) is 19.4 Å². The molecule has 0 amide bonds. The van der Waals surface area contributed by atoms with Crippen LogP contribution < -0.4 is 10.5 Å². The lowest BCUT2D eigenvalue weighted by atomic mass is 10.1. The summed E-state index contributed by atoms with van der Waals surface area (Å²) >= 11 is 0. The second kappa shape index (κ2) is 8.72. The molecule has 0 radical (unpaired) electrons. The molecule has 0 unspecified atom stereocenters. The van der Waals surface area contributed by atoms with Crippen LogP contribution in [0.3, 0.4) is 0 Å². The van der Waals surface area contributed by atoms with E-state index < -0.39 is 11.6 Å². The van der Waals surface area contributed by atoms with Gasteiger partial charge in [-0.05, 0) is 43.7 Å². The number of aromatic nitrogens is 4. The Morgan fingerprint density at radius 3 is 2.75 bits per heavy atom. The van der Waals surface area contributed by atoms with Gasteiger partial charge in [0.1, 0.15) is 29.3 Å². The normalized spacial score (nSPS) is 19.6. The molecule has 184 valence electrons. The summed E-state index contributed by atoms with van der Waals surface area (Å²) in [7, 11) is 0. The minimum atomic E-state index is -0.784. The molecule has 1 aromatic carbocycles. The van der Waals surface area contributed by atoms with Gasteiger partial charge in [0.15, 0.2) is 5.65 Å². The summed E-state index contributed by atoms with van der Waals surface area (Å²) in [5, 5.41) is 0. The summed E-state index contributed by atoms with van der Waals surface area (Å²) in [6.45, 7) is 5.23. The maximum absolute atomic E-state index is 14.9. The average Bonchev–Trinajstić information content (AvgIpc) is 3.33. The van der Waals surface area contributed by atoms with Gasteiger partial charge in [-0.3, -0.25) is 14.2 Å². The monoisotopic (exact) mass is 491 g/mol. The number of ether oxygens (including phenoxy) is 2. The predicted octanol–water partition coefficient (Wildman–Crippen LogP) is 3.73. The van der Waals surface area contributed by atoms with Crippen molar-refractivity contribution in [1.29, 1.82) is 0 Å². The fourth-order valence-corrected chi connectivity index (χ4v) is 4.83. The number of hydrogen-bond donors (Lipinski definition) is 0. The van der Waals surface area contributed by atoms with Crippen LogP contribution >= 0.6 is 0 Å². The van der Waals surface area contributed by atoms with Crippen LogP contribution in [0.15, 0.2) is 47.5 Å². The molecule has 3 aromatic heterocycles. The molecule has 0 spiro atoms. The summed E-state index contributed by atoms with van der Waals surface area (Å²) < 4.78 is 41.7. The largest absolute Gasteiger partial charge is 0.370 e. The van der Waals surface area contributed by atoms with Crippen molar-refractivity contribution in [2.45, 2.75) is 39.3 Å². The minimum Gasteiger partial charge on any atom is -0.370 e. The van der Waals surface area contributed by atoms with Crippen LogP contribution in [-0.4, -0.2) is 38.5 Å². The fourth-order valence-electron chi connectivity index (χ4n) is 4.83. The van der Waals surface area contributed by atoms with Gasteiger partial charge in [-0.15, -0.1) is 0 Å². The molecular formula is C26H23F2N5O3. The lowest BCUT2D eigenvalue weighted by Gasteiger charge is -2.38. The second-order valence-electron chi connectivity index (χ2n) is 9.17. The van der Waals surface area contributed by atoms with Crippen LogP contribution in [0.2, 0.25) is 0 Å². The van der Waals surface area contributed by atoms with Crippen molar-refractivity contribution < 1.29 is 18.3 Å². The molecular weight excluding hydrogens is 468 g/mol. The van der Waals surface area contributed by atoms with E-state index in [0.29, 0.717) is 30.2 Å². The van der Waals surface area contributed by atoms with Gasteiger partial charge in [0.2, 0.25) is 0 Å². The maximum Gasteiger partial charge on any atom is 0.263 e. The smallest absolute Gasteiger partial charge is 0.263 e. The molecule has 6 rings (SSSR count). The number of fused-ring (bicyclic) bond motifs is 2. The molecule has 1 saturated heterocycles. The fraction of sp³-hybridized carbons (Fsp3) is 0.308. The minimum absolute atomic E-state index is 0.0594. The Hall–Kier alpha value is -3.76. The maximum atomic E-state index is 14.9. The van der Waals surface area contributed by atoms with E-state index in [9.17, 15) is 13.6 Å². The average molecular weight is 491 g/mol. The third-order valence-electron chi connectivity index (χ3n) is 6.53. The van der Waals surface area contributed by atoms with Gasteiger partial charge in [0, 0.05) is 36.6 Å². The van der Waals surface area contributed by atoms with Crippen LogP contribution in [-0.2, 0) is 22.7 Å². The van der Waals surface area contributed by atoms with Crippen molar-refractivity contribution in [3.05, 3.63) is 87.2 Å². The topological polar surface area (TPSA) is 81.9 Å². The quantitative estimate of drug-likeness (QED) is 0.432.